The van der Waals surface area contributed by atoms with Crippen LogP contribution in [0.5, 0.6) is 0 Å². The van der Waals surface area contributed by atoms with Crippen molar-refractivity contribution < 1.29 is 4.39 Å². The van der Waals surface area contributed by atoms with E-state index in [1.165, 1.54) is 6.42 Å². The first-order valence-corrected chi connectivity index (χ1v) is 6.89. The van der Waals surface area contributed by atoms with Crippen LogP contribution in [0.2, 0.25) is 0 Å². The molecule has 0 radical (unpaired) electrons. The summed E-state index contributed by atoms with van der Waals surface area (Å²) in [6.07, 6.45) is 3.10. The van der Waals surface area contributed by atoms with E-state index in [1.54, 1.807) is 12.1 Å². The van der Waals surface area contributed by atoms with Crippen molar-refractivity contribution in [2.75, 3.05) is 26.2 Å². The number of hydrogen-bond acceptors (Lipinski definition) is 2. The van der Waals surface area contributed by atoms with Gasteiger partial charge in [0.1, 0.15) is 5.82 Å². The van der Waals surface area contributed by atoms with E-state index in [1.807, 2.05) is 12.1 Å². The van der Waals surface area contributed by atoms with E-state index < -0.39 is 0 Å². The van der Waals surface area contributed by atoms with Gasteiger partial charge in [-0.2, -0.15) is 0 Å². The SMILES string of the molecule is CCCN1CCC(CN)(c2ccccc2F)CC1. The highest BCUT2D eigenvalue weighted by Crippen LogP contribution is 2.35. The quantitative estimate of drug-likeness (QED) is 0.889. The van der Waals surface area contributed by atoms with Gasteiger partial charge < -0.3 is 10.6 Å². The van der Waals surface area contributed by atoms with E-state index >= 15 is 0 Å². The standard InChI is InChI=1S/C15H23FN2/c1-2-9-18-10-7-15(12-17,8-11-18)13-5-3-4-6-14(13)16/h3-6H,2,7-12,17H2,1H3. The lowest BCUT2D eigenvalue weighted by Crippen LogP contribution is -2.47. The smallest absolute Gasteiger partial charge is 0.127 e. The molecule has 2 nitrogen and oxygen atoms in total. The number of nitrogens with two attached hydrogens (primary N) is 1. The van der Waals surface area contributed by atoms with Gasteiger partial charge in [-0.3, -0.25) is 0 Å². The molecule has 2 N–H and O–H groups in total. The summed E-state index contributed by atoms with van der Waals surface area (Å²) in [4.78, 5) is 2.45. The summed E-state index contributed by atoms with van der Waals surface area (Å²) in [6, 6.07) is 7.10. The zero-order chi connectivity index (χ0) is 13.0. The molecule has 100 valence electrons. The molecule has 0 bridgehead atoms. The van der Waals surface area contributed by atoms with Crippen molar-refractivity contribution in [3.8, 4) is 0 Å². The molecule has 1 aliphatic heterocycles. The molecule has 1 fully saturated rings. The third-order valence-corrected chi connectivity index (χ3v) is 4.19. The molecule has 0 unspecified atom stereocenters. The van der Waals surface area contributed by atoms with Gasteiger partial charge in [0.2, 0.25) is 0 Å². The van der Waals surface area contributed by atoms with Gasteiger partial charge in [-0.15, -0.1) is 0 Å². The molecular formula is C15H23FN2. The number of hydrogen-bond donors (Lipinski definition) is 1. The molecule has 0 atom stereocenters. The first-order chi connectivity index (χ1) is 8.72. The van der Waals surface area contributed by atoms with Crippen LogP contribution in [-0.2, 0) is 5.41 Å². The molecule has 0 saturated carbocycles. The molecule has 0 amide bonds. The maximum Gasteiger partial charge on any atom is 0.127 e. The highest BCUT2D eigenvalue weighted by Gasteiger charge is 2.36. The zero-order valence-corrected chi connectivity index (χ0v) is 11.2. The number of rotatable bonds is 4. The Hall–Kier alpha value is -0.930. The second-order valence-electron chi connectivity index (χ2n) is 5.31. The summed E-state index contributed by atoms with van der Waals surface area (Å²) >= 11 is 0. The zero-order valence-electron chi connectivity index (χ0n) is 11.2. The van der Waals surface area contributed by atoms with E-state index in [0.717, 1.165) is 38.0 Å². The molecule has 18 heavy (non-hydrogen) atoms. The number of benzene rings is 1. The average molecular weight is 250 g/mol. The molecule has 3 heteroatoms. The summed E-state index contributed by atoms with van der Waals surface area (Å²) in [6.45, 7) is 5.92. The van der Waals surface area contributed by atoms with Gasteiger partial charge in [-0.25, -0.2) is 4.39 Å². The van der Waals surface area contributed by atoms with Crippen molar-refractivity contribution in [2.45, 2.75) is 31.6 Å². The average Bonchev–Trinajstić information content (AvgIpc) is 2.41. The van der Waals surface area contributed by atoms with Crippen LogP contribution in [-0.4, -0.2) is 31.1 Å². The second-order valence-corrected chi connectivity index (χ2v) is 5.31. The topological polar surface area (TPSA) is 29.3 Å². The molecule has 1 heterocycles. The van der Waals surface area contributed by atoms with Crippen LogP contribution in [0.4, 0.5) is 4.39 Å². The van der Waals surface area contributed by atoms with E-state index in [9.17, 15) is 4.39 Å². The van der Waals surface area contributed by atoms with E-state index in [0.29, 0.717) is 6.54 Å². The van der Waals surface area contributed by atoms with Gasteiger partial charge in [0.15, 0.2) is 0 Å². The Balaban J connectivity index is 2.16. The molecule has 1 saturated heterocycles. The first-order valence-electron chi connectivity index (χ1n) is 6.89. The predicted molar refractivity (Wildman–Crippen MR) is 73.1 cm³/mol. The Bertz CT molecular complexity index is 384. The van der Waals surface area contributed by atoms with Crippen molar-refractivity contribution in [1.82, 2.24) is 4.90 Å². The lowest BCUT2D eigenvalue weighted by atomic mass is 9.72. The number of likely N-dealkylation sites (tertiary alicyclic amines) is 1. The van der Waals surface area contributed by atoms with Gasteiger partial charge in [-0.05, 0) is 50.5 Å². The normalized spacial score (nSPS) is 19.9. The van der Waals surface area contributed by atoms with Gasteiger partial charge in [0.05, 0.1) is 0 Å². The fourth-order valence-corrected chi connectivity index (χ4v) is 3.00. The number of piperidine rings is 1. The minimum absolute atomic E-state index is 0.105. The summed E-state index contributed by atoms with van der Waals surface area (Å²) in [5.74, 6) is -0.105. The molecule has 1 aromatic carbocycles. The van der Waals surface area contributed by atoms with Gasteiger partial charge >= 0.3 is 0 Å². The monoisotopic (exact) mass is 250 g/mol. The highest BCUT2D eigenvalue weighted by molar-refractivity contribution is 5.28. The van der Waals surface area contributed by atoms with Crippen LogP contribution in [0.3, 0.4) is 0 Å². The molecule has 0 aliphatic carbocycles. The van der Waals surface area contributed by atoms with Crippen LogP contribution in [0, 0.1) is 5.82 Å². The number of nitrogens with zero attached hydrogens (tertiary/aromatic N) is 1. The molecule has 0 spiro atoms. The first kappa shape index (κ1) is 13.5. The van der Waals surface area contributed by atoms with Gasteiger partial charge in [0, 0.05) is 12.0 Å². The highest BCUT2D eigenvalue weighted by atomic mass is 19.1. The largest absolute Gasteiger partial charge is 0.330 e. The van der Waals surface area contributed by atoms with Crippen molar-refractivity contribution in [3.63, 3.8) is 0 Å². The summed E-state index contributed by atoms with van der Waals surface area (Å²) in [5, 5.41) is 0. The minimum Gasteiger partial charge on any atom is -0.330 e. The summed E-state index contributed by atoms with van der Waals surface area (Å²) in [5.41, 5.74) is 6.63. The van der Waals surface area contributed by atoms with Crippen LogP contribution in [0.25, 0.3) is 0 Å². The fourth-order valence-electron chi connectivity index (χ4n) is 3.00. The van der Waals surface area contributed by atoms with Crippen LogP contribution in [0.15, 0.2) is 24.3 Å². The molecule has 1 aromatic rings. The third-order valence-electron chi connectivity index (χ3n) is 4.19. The van der Waals surface area contributed by atoms with Crippen molar-refractivity contribution >= 4 is 0 Å². The van der Waals surface area contributed by atoms with Crippen molar-refractivity contribution in [2.24, 2.45) is 5.73 Å². The Morgan fingerprint density at radius 2 is 1.94 bits per heavy atom. The maximum atomic E-state index is 14.0. The number of halogens is 1. The van der Waals surface area contributed by atoms with Gasteiger partial charge in [0.25, 0.3) is 0 Å². The maximum absolute atomic E-state index is 14.0. The molecule has 0 aromatic heterocycles. The Labute approximate surface area is 109 Å². The lowest BCUT2D eigenvalue weighted by molar-refractivity contribution is 0.160. The Morgan fingerprint density at radius 3 is 2.50 bits per heavy atom. The second kappa shape index (κ2) is 5.81. The van der Waals surface area contributed by atoms with Crippen LogP contribution in [0.1, 0.15) is 31.7 Å². The molecule has 1 aliphatic rings. The van der Waals surface area contributed by atoms with Gasteiger partial charge in [-0.1, -0.05) is 25.1 Å². The van der Waals surface area contributed by atoms with Crippen LogP contribution >= 0.6 is 0 Å². The Morgan fingerprint density at radius 1 is 1.28 bits per heavy atom. The Kier molecular flexibility index (Phi) is 4.36. The molecular weight excluding hydrogens is 227 g/mol. The van der Waals surface area contributed by atoms with Crippen molar-refractivity contribution in [3.05, 3.63) is 35.6 Å². The fraction of sp³-hybridized carbons (Fsp3) is 0.600. The summed E-state index contributed by atoms with van der Waals surface area (Å²) in [7, 11) is 0. The van der Waals surface area contributed by atoms with E-state index in [2.05, 4.69) is 11.8 Å². The predicted octanol–water partition coefficient (Wildman–Crippen LogP) is 2.53. The third kappa shape index (κ3) is 2.57. The van der Waals surface area contributed by atoms with E-state index in [4.69, 9.17) is 5.73 Å². The minimum atomic E-state index is -0.157. The lowest BCUT2D eigenvalue weighted by Gasteiger charge is -2.41. The van der Waals surface area contributed by atoms with Crippen LogP contribution < -0.4 is 5.73 Å². The molecule has 2 rings (SSSR count). The van der Waals surface area contributed by atoms with E-state index in [-0.39, 0.29) is 11.2 Å². The van der Waals surface area contributed by atoms with Crippen molar-refractivity contribution in [1.29, 1.82) is 0 Å². The summed E-state index contributed by atoms with van der Waals surface area (Å²) < 4.78 is 14.0.